The van der Waals surface area contributed by atoms with Gasteiger partial charge in [0.2, 0.25) is 0 Å². The highest BCUT2D eigenvalue weighted by molar-refractivity contribution is 5.31. The lowest BCUT2D eigenvalue weighted by atomic mass is 9.91. The number of hydrogen-bond acceptors (Lipinski definition) is 0. The molecule has 0 N–H and O–H groups in total. The lowest BCUT2D eigenvalue weighted by Crippen LogP contribution is -1.97. The van der Waals surface area contributed by atoms with Crippen LogP contribution < -0.4 is 0 Å². The maximum atomic E-state index is 2.35. The fourth-order valence-electron chi connectivity index (χ4n) is 2.48. The molecule has 0 saturated carbocycles. The molecule has 0 aromatic heterocycles. The maximum Gasteiger partial charge on any atom is -0.00638 e. The van der Waals surface area contributed by atoms with Crippen molar-refractivity contribution in [1.82, 2.24) is 0 Å². The van der Waals surface area contributed by atoms with E-state index in [2.05, 4.69) is 64.1 Å². The van der Waals surface area contributed by atoms with Crippen molar-refractivity contribution in [1.29, 1.82) is 0 Å². The Balaban J connectivity index is 0. The second-order valence-electron chi connectivity index (χ2n) is 6.07. The molecule has 0 saturated heterocycles. The number of unbranched alkanes of at least 4 members (excludes halogenated alkanes) is 1. The molecule has 25 heavy (non-hydrogen) atoms. The molecule has 0 aliphatic heterocycles. The summed E-state index contributed by atoms with van der Waals surface area (Å²) in [7, 11) is 0. The van der Waals surface area contributed by atoms with Crippen molar-refractivity contribution >= 4 is 0 Å². The van der Waals surface area contributed by atoms with E-state index in [0.29, 0.717) is 0 Å². The Hall–Kier alpha value is -1.30. The van der Waals surface area contributed by atoms with Gasteiger partial charge in [0.25, 0.3) is 0 Å². The van der Waals surface area contributed by atoms with Crippen molar-refractivity contribution in [2.75, 3.05) is 0 Å². The summed E-state index contributed by atoms with van der Waals surface area (Å²) in [5, 5.41) is 0. The zero-order valence-electron chi connectivity index (χ0n) is 18.4. The van der Waals surface area contributed by atoms with Gasteiger partial charge < -0.3 is 0 Å². The number of benzene rings is 1. The van der Waals surface area contributed by atoms with Gasteiger partial charge in [0.05, 0.1) is 0 Å². The van der Waals surface area contributed by atoms with Crippen LogP contribution in [0.1, 0.15) is 98.1 Å². The van der Waals surface area contributed by atoms with Crippen LogP contribution in [-0.4, -0.2) is 0 Å². The van der Waals surface area contributed by atoms with Crippen molar-refractivity contribution in [2.45, 2.75) is 100 Å². The van der Waals surface area contributed by atoms with Crippen molar-refractivity contribution in [2.24, 2.45) is 0 Å². The molecular weight excluding hydrogens is 300 g/mol. The van der Waals surface area contributed by atoms with E-state index in [1.165, 1.54) is 49.7 Å². The highest BCUT2D eigenvalue weighted by atomic mass is 14.1. The predicted octanol–water partition coefficient (Wildman–Crippen LogP) is 8.84. The summed E-state index contributed by atoms with van der Waals surface area (Å²) in [6.07, 6.45) is 13.5. The smallest absolute Gasteiger partial charge is 0.00638 e. The summed E-state index contributed by atoms with van der Waals surface area (Å²) in [6.45, 7) is 16.8. The van der Waals surface area contributed by atoms with E-state index in [-0.39, 0.29) is 0 Å². The summed E-state index contributed by atoms with van der Waals surface area (Å²) in [4.78, 5) is 0. The molecule has 2 rings (SSSR count). The minimum Gasteiger partial charge on any atom is -0.0699 e. The molecule has 1 aromatic carbocycles. The van der Waals surface area contributed by atoms with Gasteiger partial charge in [-0.1, -0.05) is 121 Å². The SMILES string of the molecule is CC.CC.CCCC.CCCC1=CC=C(Cc2cccc(C)c2)CC1. The molecule has 0 unspecified atom stereocenters. The van der Waals surface area contributed by atoms with Crippen LogP contribution in [0.2, 0.25) is 0 Å². The molecule has 144 valence electrons. The van der Waals surface area contributed by atoms with Crippen LogP contribution in [0.25, 0.3) is 0 Å². The Labute approximate surface area is 159 Å². The highest BCUT2D eigenvalue weighted by Gasteiger charge is 2.06. The molecule has 0 spiro atoms. The van der Waals surface area contributed by atoms with Crippen molar-refractivity contribution in [3.8, 4) is 0 Å². The first kappa shape index (κ1) is 25.9. The first-order chi connectivity index (χ1) is 12.2. The number of aryl methyl sites for hydroxylation is 1. The lowest BCUT2D eigenvalue weighted by molar-refractivity contribution is 0.788. The summed E-state index contributed by atoms with van der Waals surface area (Å²) in [5.41, 5.74) is 6.01. The largest absolute Gasteiger partial charge is 0.0699 e. The van der Waals surface area contributed by atoms with Crippen molar-refractivity contribution in [3.05, 3.63) is 58.7 Å². The van der Waals surface area contributed by atoms with Crippen LogP contribution in [0, 0.1) is 6.92 Å². The lowest BCUT2D eigenvalue weighted by Gasteiger charge is -2.14. The fourth-order valence-corrected chi connectivity index (χ4v) is 2.48. The van der Waals surface area contributed by atoms with Gasteiger partial charge in [0.15, 0.2) is 0 Å². The molecule has 0 atom stereocenters. The molecule has 0 fully saturated rings. The molecule has 0 heteroatoms. The topological polar surface area (TPSA) is 0 Å². The first-order valence-corrected chi connectivity index (χ1v) is 10.6. The quantitative estimate of drug-likeness (QED) is 0.500. The summed E-state index contributed by atoms with van der Waals surface area (Å²) < 4.78 is 0. The van der Waals surface area contributed by atoms with Crippen molar-refractivity contribution in [3.63, 3.8) is 0 Å². The van der Waals surface area contributed by atoms with Gasteiger partial charge in [-0.05, 0) is 38.2 Å². The number of rotatable bonds is 5. The van der Waals surface area contributed by atoms with E-state index in [4.69, 9.17) is 0 Å². The zero-order chi connectivity index (χ0) is 19.5. The van der Waals surface area contributed by atoms with Gasteiger partial charge in [-0.2, -0.15) is 0 Å². The summed E-state index contributed by atoms with van der Waals surface area (Å²) >= 11 is 0. The fraction of sp³-hybridized carbons (Fsp3) is 0.600. The van der Waals surface area contributed by atoms with Crippen LogP contribution >= 0.6 is 0 Å². The Morgan fingerprint density at radius 3 is 1.76 bits per heavy atom. The monoisotopic (exact) mass is 344 g/mol. The number of hydrogen-bond donors (Lipinski definition) is 0. The van der Waals surface area contributed by atoms with Gasteiger partial charge in [-0.3, -0.25) is 0 Å². The minimum atomic E-state index is 1.12. The predicted molar refractivity (Wildman–Crippen MR) is 118 cm³/mol. The molecule has 0 radical (unpaired) electrons. The Morgan fingerprint density at radius 1 is 0.760 bits per heavy atom. The molecule has 1 aliphatic rings. The third-order valence-electron chi connectivity index (χ3n) is 3.91. The molecule has 1 aliphatic carbocycles. The van der Waals surface area contributed by atoms with Gasteiger partial charge >= 0.3 is 0 Å². The van der Waals surface area contributed by atoms with Crippen LogP contribution in [0.5, 0.6) is 0 Å². The van der Waals surface area contributed by atoms with E-state index in [0.717, 1.165) is 6.42 Å². The number of allylic oxidation sites excluding steroid dienone is 4. The van der Waals surface area contributed by atoms with Gasteiger partial charge in [-0.15, -0.1) is 0 Å². The Kier molecular flexibility index (Phi) is 19.7. The van der Waals surface area contributed by atoms with Crippen LogP contribution in [0.3, 0.4) is 0 Å². The molecule has 0 bridgehead atoms. The van der Waals surface area contributed by atoms with Crippen molar-refractivity contribution < 1.29 is 0 Å². The summed E-state index contributed by atoms with van der Waals surface area (Å²) in [5.74, 6) is 0. The molecular formula is C25H44. The van der Waals surface area contributed by atoms with Crippen LogP contribution in [0.4, 0.5) is 0 Å². The van der Waals surface area contributed by atoms with Gasteiger partial charge in [0, 0.05) is 0 Å². The third kappa shape index (κ3) is 13.6. The third-order valence-corrected chi connectivity index (χ3v) is 3.91. The van der Waals surface area contributed by atoms with E-state index in [1.807, 2.05) is 27.7 Å². The van der Waals surface area contributed by atoms with E-state index < -0.39 is 0 Å². The Morgan fingerprint density at radius 2 is 1.32 bits per heavy atom. The standard InChI is InChI=1S/C17H22.C4H10.2C2H6/c1-3-5-15-8-10-16(11-9-15)13-17-7-4-6-14(2)12-17;1-3-4-2;2*1-2/h4,6-8,10,12H,3,5,9,11,13H2,1-2H3;3-4H2,1-2H3;2*1-2H3. The maximum absolute atomic E-state index is 2.35. The molecule has 0 amide bonds. The summed E-state index contributed by atoms with van der Waals surface area (Å²) in [6, 6.07) is 8.86. The van der Waals surface area contributed by atoms with Gasteiger partial charge in [0.1, 0.15) is 0 Å². The average molecular weight is 345 g/mol. The van der Waals surface area contributed by atoms with E-state index in [9.17, 15) is 0 Å². The molecule has 1 aromatic rings. The zero-order valence-corrected chi connectivity index (χ0v) is 18.4. The first-order valence-electron chi connectivity index (χ1n) is 10.6. The average Bonchev–Trinajstić information content (AvgIpc) is 2.67. The molecule has 0 nitrogen and oxygen atoms in total. The van der Waals surface area contributed by atoms with Gasteiger partial charge in [-0.25, -0.2) is 0 Å². The highest BCUT2D eigenvalue weighted by Crippen LogP contribution is 2.24. The second kappa shape index (κ2) is 19.0. The second-order valence-corrected chi connectivity index (χ2v) is 6.07. The Bertz CT molecular complexity index is 461. The minimum absolute atomic E-state index is 1.12. The molecule has 0 heterocycles. The van der Waals surface area contributed by atoms with E-state index >= 15 is 0 Å². The normalized spacial score (nSPS) is 12.2. The van der Waals surface area contributed by atoms with Crippen LogP contribution in [0.15, 0.2) is 47.6 Å². The van der Waals surface area contributed by atoms with Crippen LogP contribution in [-0.2, 0) is 6.42 Å². The van der Waals surface area contributed by atoms with E-state index in [1.54, 1.807) is 11.1 Å².